The molecule has 2 heterocycles. The standard InChI is InChI=1S/C21H21N3O5S/c25-21(22-15-18-14-20(29-23-18)16-4-2-1-3-5-16)17-6-8-19(9-7-17)30(26,27)24-10-12-28-13-11-24/h1-9,14H,10-13,15H2,(H,22,25). The number of nitrogens with zero attached hydrogens (tertiary/aromatic N) is 2. The molecule has 0 atom stereocenters. The Labute approximate surface area is 174 Å². The predicted molar refractivity (Wildman–Crippen MR) is 109 cm³/mol. The molecule has 0 spiro atoms. The van der Waals surface area contributed by atoms with Gasteiger partial charge in [0.2, 0.25) is 10.0 Å². The summed E-state index contributed by atoms with van der Waals surface area (Å²) in [6, 6.07) is 17.2. The fourth-order valence-electron chi connectivity index (χ4n) is 3.12. The van der Waals surface area contributed by atoms with Crippen LogP contribution in [-0.4, -0.2) is 50.1 Å². The normalized spacial score (nSPS) is 15.1. The van der Waals surface area contributed by atoms with E-state index in [9.17, 15) is 13.2 Å². The van der Waals surface area contributed by atoms with Crippen LogP contribution in [0.15, 0.2) is 70.1 Å². The number of hydrogen-bond donors (Lipinski definition) is 1. The van der Waals surface area contributed by atoms with Gasteiger partial charge in [0, 0.05) is 30.3 Å². The van der Waals surface area contributed by atoms with E-state index in [0.29, 0.717) is 43.3 Å². The first-order valence-electron chi connectivity index (χ1n) is 9.51. The van der Waals surface area contributed by atoms with E-state index in [4.69, 9.17) is 9.26 Å². The highest BCUT2D eigenvalue weighted by molar-refractivity contribution is 7.89. The molecule has 4 rings (SSSR count). The molecule has 1 aliphatic rings. The summed E-state index contributed by atoms with van der Waals surface area (Å²) >= 11 is 0. The Bertz CT molecular complexity index is 1110. The zero-order valence-electron chi connectivity index (χ0n) is 16.2. The second-order valence-corrected chi connectivity index (χ2v) is 8.71. The van der Waals surface area contributed by atoms with Crippen molar-refractivity contribution < 1.29 is 22.5 Å². The van der Waals surface area contributed by atoms with Gasteiger partial charge in [0.1, 0.15) is 5.69 Å². The molecule has 156 valence electrons. The third-order valence-electron chi connectivity index (χ3n) is 4.77. The molecule has 0 radical (unpaired) electrons. The van der Waals surface area contributed by atoms with Crippen LogP contribution in [-0.2, 0) is 21.3 Å². The maximum absolute atomic E-state index is 12.6. The van der Waals surface area contributed by atoms with Crippen molar-refractivity contribution in [2.75, 3.05) is 26.3 Å². The molecule has 1 amide bonds. The van der Waals surface area contributed by atoms with E-state index in [1.165, 1.54) is 28.6 Å². The minimum Gasteiger partial charge on any atom is -0.379 e. The van der Waals surface area contributed by atoms with E-state index in [-0.39, 0.29) is 17.3 Å². The third-order valence-corrected chi connectivity index (χ3v) is 6.68. The fraction of sp³-hybridized carbons (Fsp3) is 0.238. The van der Waals surface area contributed by atoms with Crippen LogP contribution >= 0.6 is 0 Å². The highest BCUT2D eigenvalue weighted by Gasteiger charge is 2.26. The monoisotopic (exact) mass is 427 g/mol. The summed E-state index contributed by atoms with van der Waals surface area (Å²) in [5.41, 5.74) is 1.86. The zero-order valence-corrected chi connectivity index (χ0v) is 17.0. The first-order chi connectivity index (χ1) is 14.5. The van der Waals surface area contributed by atoms with E-state index in [2.05, 4.69) is 10.5 Å². The lowest BCUT2D eigenvalue weighted by Crippen LogP contribution is -2.40. The van der Waals surface area contributed by atoms with E-state index < -0.39 is 10.0 Å². The topological polar surface area (TPSA) is 102 Å². The number of carbonyl (C=O) groups is 1. The van der Waals surface area contributed by atoms with Crippen molar-refractivity contribution in [2.24, 2.45) is 0 Å². The predicted octanol–water partition coefficient (Wildman–Crippen LogP) is 2.29. The summed E-state index contributed by atoms with van der Waals surface area (Å²) in [5, 5.41) is 6.74. The second-order valence-electron chi connectivity index (χ2n) is 6.77. The Kier molecular flexibility index (Phi) is 5.93. The molecule has 0 unspecified atom stereocenters. The summed E-state index contributed by atoms with van der Waals surface area (Å²) in [6.07, 6.45) is 0. The summed E-state index contributed by atoms with van der Waals surface area (Å²) in [5.74, 6) is 0.298. The SMILES string of the molecule is O=C(NCc1cc(-c2ccccc2)on1)c1ccc(S(=O)(=O)N2CCOCC2)cc1. The number of nitrogens with one attached hydrogen (secondary N) is 1. The number of amides is 1. The van der Waals surface area contributed by atoms with Crippen LogP contribution in [0.2, 0.25) is 0 Å². The Morgan fingerprint density at radius 2 is 1.73 bits per heavy atom. The summed E-state index contributed by atoms with van der Waals surface area (Å²) < 4.78 is 37.2. The smallest absolute Gasteiger partial charge is 0.251 e. The van der Waals surface area contributed by atoms with Crippen molar-refractivity contribution in [3.63, 3.8) is 0 Å². The van der Waals surface area contributed by atoms with Crippen LogP contribution in [0.25, 0.3) is 11.3 Å². The molecule has 0 saturated carbocycles. The molecule has 1 fully saturated rings. The van der Waals surface area contributed by atoms with Gasteiger partial charge in [-0.1, -0.05) is 35.5 Å². The van der Waals surface area contributed by atoms with Gasteiger partial charge in [-0.3, -0.25) is 4.79 Å². The van der Waals surface area contributed by atoms with Crippen LogP contribution in [0.1, 0.15) is 16.1 Å². The van der Waals surface area contributed by atoms with Crippen molar-refractivity contribution >= 4 is 15.9 Å². The summed E-state index contributed by atoms with van der Waals surface area (Å²) in [6.45, 7) is 1.62. The van der Waals surface area contributed by atoms with Gasteiger partial charge in [-0.25, -0.2) is 8.42 Å². The third kappa shape index (κ3) is 4.43. The van der Waals surface area contributed by atoms with Gasteiger partial charge in [0.05, 0.1) is 24.7 Å². The van der Waals surface area contributed by atoms with Crippen LogP contribution in [0.3, 0.4) is 0 Å². The molecular formula is C21H21N3O5S. The van der Waals surface area contributed by atoms with Gasteiger partial charge in [0.25, 0.3) is 5.91 Å². The Balaban J connectivity index is 1.38. The molecule has 1 aliphatic heterocycles. The van der Waals surface area contributed by atoms with E-state index >= 15 is 0 Å². The first-order valence-corrected chi connectivity index (χ1v) is 11.0. The lowest BCUT2D eigenvalue weighted by atomic mass is 10.1. The lowest BCUT2D eigenvalue weighted by Gasteiger charge is -2.26. The number of aromatic nitrogens is 1. The minimum absolute atomic E-state index is 0.157. The number of benzene rings is 2. The summed E-state index contributed by atoms with van der Waals surface area (Å²) in [7, 11) is -3.58. The van der Waals surface area contributed by atoms with Crippen molar-refractivity contribution in [3.05, 3.63) is 71.9 Å². The van der Waals surface area contributed by atoms with E-state index in [1.54, 1.807) is 6.07 Å². The molecule has 1 saturated heterocycles. The molecule has 0 aliphatic carbocycles. The lowest BCUT2D eigenvalue weighted by molar-refractivity contribution is 0.0730. The van der Waals surface area contributed by atoms with E-state index in [0.717, 1.165) is 5.56 Å². The maximum Gasteiger partial charge on any atom is 0.251 e. The molecule has 30 heavy (non-hydrogen) atoms. The van der Waals surface area contributed by atoms with Crippen LogP contribution in [0.4, 0.5) is 0 Å². The van der Waals surface area contributed by atoms with Crippen molar-refractivity contribution in [3.8, 4) is 11.3 Å². The quantitative estimate of drug-likeness (QED) is 0.648. The maximum atomic E-state index is 12.6. The number of ether oxygens (including phenoxy) is 1. The Hall–Kier alpha value is -3.01. The van der Waals surface area contributed by atoms with Gasteiger partial charge in [-0.2, -0.15) is 4.31 Å². The molecule has 1 N–H and O–H groups in total. The van der Waals surface area contributed by atoms with Gasteiger partial charge < -0.3 is 14.6 Å². The van der Waals surface area contributed by atoms with Crippen LogP contribution in [0, 0.1) is 0 Å². The van der Waals surface area contributed by atoms with Gasteiger partial charge in [0.15, 0.2) is 5.76 Å². The molecule has 8 nitrogen and oxygen atoms in total. The fourth-order valence-corrected chi connectivity index (χ4v) is 4.53. The number of carbonyl (C=O) groups excluding carboxylic acids is 1. The molecule has 1 aromatic heterocycles. The molecule has 9 heteroatoms. The molecule has 2 aromatic carbocycles. The number of morpholine rings is 1. The Morgan fingerprint density at radius 3 is 2.43 bits per heavy atom. The van der Waals surface area contributed by atoms with Crippen molar-refractivity contribution in [1.29, 1.82) is 0 Å². The highest BCUT2D eigenvalue weighted by Crippen LogP contribution is 2.20. The van der Waals surface area contributed by atoms with Gasteiger partial charge in [-0.15, -0.1) is 0 Å². The Morgan fingerprint density at radius 1 is 1.03 bits per heavy atom. The second kappa shape index (κ2) is 8.78. The average Bonchev–Trinajstić information content (AvgIpc) is 3.28. The van der Waals surface area contributed by atoms with Gasteiger partial charge >= 0.3 is 0 Å². The van der Waals surface area contributed by atoms with Crippen LogP contribution in [0.5, 0.6) is 0 Å². The van der Waals surface area contributed by atoms with Crippen LogP contribution < -0.4 is 5.32 Å². The highest BCUT2D eigenvalue weighted by atomic mass is 32.2. The number of rotatable bonds is 6. The largest absolute Gasteiger partial charge is 0.379 e. The molecular weight excluding hydrogens is 406 g/mol. The first kappa shape index (κ1) is 20.3. The number of hydrogen-bond acceptors (Lipinski definition) is 6. The number of sulfonamides is 1. The average molecular weight is 427 g/mol. The summed E-state index contributed by atoms with van der Waals surface area (Å²) in [4.78, 5) is 12.6. The van der Waals surface area contributed by atoms with E-state index in [1.807, 2.05) is 30.3 Å². The molecule has 0 bridgehead atoms. The molecule has 3 aromatic rings. The van der Waals surface area contributed by atoms with Crippen molar-refractivity contribution in [2.45, 2.75) is 11.4 Å². The zero-order chi connectivity index (χ0) is 21.0. The van der Waals surface area contributed by atoms with Crippen molar-refractivity contribution in [1.82, 2.24) is 14.8 Å². The minimum atomic E-state index is -3.58. The van der Waals surface area contributed by atoms with Gasteiger partial charge in [-0.05, 0) is 24.3 Å².